The van der Waals surface area contributed by atoms with Gasteiger partial charge in [-0.1, -0.05) is 58.3 Å². The summed E-state index contributed by atoms with van der Waals surface area (Å²) in [6.07, 6.45) is -5.81. The molecule has 0 spiro atoms. The van der Waals surface area contributed by atoms with Crippen LogP contribution in [0.1, 0.15) is 58.3 Å². The summed E-state index contributed by atoms with van der Waals surface area (Å²) in [5.41, 5.74) is 0. The SMILES string of the molecule is CCCCCCCCCC[Si](Cl)(Cl)Cl.FC(C[Si](Cl)(Cl)Cl)C(F)C(F)(F)C(F)(F)C(F)(F)C(F)(F)C(F)(F)F. The molecular weight excluding hydrogens is 732 g/mol. The molecule has 0 bridgehead atoms. The number of unbranched alkanes of at least 4 members (excludes halogenated alkanes) is 7. The third-order valence-electron chi connectivity index (χ3n) is 4.97. The van der Waals surface area contributed by atoms with E-state index >= 15 is 0 Å². The fourth-order valence-electron chi connectivity index (χ4n) is 2.77. The van der Waals surface area contributed by atoms with Gasteiger partial charge in [0, 0.05) is 6.04 Å². The molecule has 0 fully saturated rings. The van der Waals surface area contributed by atoms with E-state index in [1.165, 1.54) is 44.9 Å². The molecule has 0 rings (SSSR count). The van der Waals surface area contributed by atoms with Crippen LogP contribution in [0.15, 0.2) is 0 Å². The van der Waals surface area contributed by atoms with Crippen molar-refractivity contribution in [2.45, 2.75) is 113 Å². The molecule has 238 valence electrons. The molecule has 21 heteroatoms. The number of alkyl halides is 13. The normalized spacial score (nSPS) is 16.0. The minimum Gasteiger partial charge on any atom is -0.244 e. The van der Waals surface area contributed by atoms with E-state index in [1.54, 1.807) is 0 Å². The molecule has 0 aromatic rings. The molecule has 0 N–H and O–H groups in total. The van der Waals surface area contributed by atoms with E-state index in [4.69, 9.17) is 66.5 Å². The fraction of sp³-hybridized carbons (Fsp3) is 1.00. The van der Waals surface area contributed by atoms with Crippen LogP contribution in [0.25, 0.3) is 0 Å². The summed E-state index contributed by atoms with van der Waals surface area (Å²) in [7, 11) is 0. The predicted molar refractivity (Wildman–Crippen MR) is 134 cm³/mol. The van der Waals surface area contributed by atoms with Crippen molar-refractivity contribution in [3.8, 4) is 0 Å². The first-order valence-corrected chi connectivity index (χ1v) is 21.6. The lowest BCUT2D eigenvalue weighted by Crippen LogP contribution is -2.69. The van der Waals surface area contributed by atoms with Gasteiger partial charge in [-0.05, 0) is 6.04 Å². The minimum atomic E-state index is -7.83. The molecule has 2 atom stereocenters. The zero-order valence-electron chi connectivity index (χ0n) is 19.9. The van der Waals surface area contributed by atoms with Crippen molar-refractivity contribution in [2.24, 2.45) is 0 Å². The maximum Gasteiger partial charge on any atom is 0.460 e. The first-order chi connectivity index (χ1) is 17.1. The summed E-state index contributed by atoms with van der Waals surface area (Å²) < 4.78 is 165. The van der Waals surface area contributed by atoms with Gasteiger partial charge in [-0.25, -0.2) is 8.78 Å². The van der Waals surface area contributed by atoms with Crippen LogP contribution in [0.2, 0.25) is 12.1 Å². The Morgan fingerprint density at radius 1 is 0.538 bits per heavy atom. The van der Waals surface area contributed by atoms with Gasteiger partial charge >= 0.3 is 41.9 Å². The lowest BCUT2D eigenvalue weighted by Gasteiger charge is -2.38. The third-order valence-corrected chi connectivity index (χ3v) is 9.83. The van der Waals surface area contributed by atoms with E-state index in [9.17, 15) is 57.1 Å². The van der Waals surface area contributed by atoms with Gasteiger partial charge in [0.2, 0.25) is 6.17 Å². The number of hydrogen-bond acceptors (Lipinski definition) is 0. The molecule has 0 aliphatic heterocycles. The quantitative estimate of drug-likeness (QED) is 0.0637. The van der Waals surface area contributed by atoms with Gasteiger partial charge in [0.25, 0.3) is 0 Å². The Balaban J connectivity index is 0. The lowest BCUT2D eigenvalue weighted by molar-refractivity contribution is -0.427. The van der Waals surface area contributed by atoms with Crippen molar-refractivity contribution in [3.05, 3.63) is 0 Å². The molecule has 0 heterocycles. The van der Waals surface area contributed by atoms with Crippen LogP contribution in [0, 0.1) is 0 Å². The van der Waals surface area contributed by atoms with Crippen LogP contribution >= 0.6 is 66.5 Å². The number of halogens is 19. The highest BCUT2D eigenvalue weighted by Crippen LogP contribution is 2.58. The zero-order valence-corrected chi connectivity index (χ0v) is 26.4. The highest BCUT2D eigenvalue weighted by atomic mass is 35.8. The van der Waals surface area contributed by atoms with Crippen LogP contribution in [-0.4, -0.2) is 54.2 Å². The van der Waals surface area contributed by atoms with Crippen molar-refractivity contribution in [1.82, 2.24) is 0 Å². The van der Waals surface area contributed by atoms with Crippen molar-refractivity contribution >= 4 is 78.5 Å². The van der Waals surface area contributed by atoms with Gasteiger partial charge in [0.15, 0.2) is 0 Å². The van der Waals surface area contributed by atoms with Crippen molar-refractivity contribution in [3.63, 3.8) is 0 Å². The van der Waals surface area contributed by atoms with E-state index in [0.717, 1.165) is 12.5 Å². The second-order valence-electron chi connectivity index (χ2n) is 8.42. The van der Waals surface area contributed by atoms with E-state index in [2.05, 4.69) is 6.92 Å². The smallest absolute Gasteiger partial charge is 0.244 e. The van der Waals surface area contributed by atoms with Gasteiger partial charge in [-0.15, -0.1) is 66.5 Å². The average Bonchev–Trinajstić information content (AvgIpc) is 2.72. The van der Waals surface area contributed by atoms with Gasteiger partial charge in [0.1, 0.15) is 6.17 Å². The van der Waals surface area contributed by atoms with Gasteiger partial charge in [-0.2, -0.15) is 48.3 Å². The van der Waals surface area contributed by atoms with Gasteiger partial charge in [0.05, 0.1) is 0 Å². The molecule has 0 aliphatic rings. The standard InChI is InChI=1S/C10H21Cl3Si.C8H4Cl3F13Si/c1-2-3-4-5-6-7-8-9-10-14(11,12)13;9-25(10,11)1-2(12)3(13)4(14,15)5(16,17)6(18,19)7(20,21)8(22,23)24/h2-10H2,1H3;2-3H,1H2. The van der Waals surface area contributed by atoms with Gasteiger partial charge < -0.3 is 0 Å². The Kier molecular flexibility index (Phi) is 17.8. The maximum absolute atomic E-state index is 13.2. The van der Waals surface area contributed by atoms with Crippen molar-refractivity contribution in [2.75, 3.05) is 0 Å². The summed E-state index contributed by atoms with van der Waals surface area (Å²) in [4.78, 5) is 0. The summed E-state index contributed by atoms with van der Waals surface area (Å²) in [6, 6.07) is -7.61. The molecule has 0 radical (unpaired) electrons. The van der Waals surface area contributed by atoms with Crippen molar-refractivity contribution < 1.29 is 57.1 Å². The van der Waals surface area contributed by atoms with Crippen LogP contribution < -0.4 is 0 Å². The fourth-order valence-corrected chi connectivity index (χ4v) is 6.60. The molecule has 0 amide bonds. The topological polar surface area (TPSA) is 0 Å². The Morgan fingerprint density at radius 3 is 1.26 bits per heavy atom. The van der Waals surface area contributed by atoms with Crippen LogP contribution in [0.5, 0.6) is 0 Å². The molecule has 0 aliphatic carbocycles. The summed E-state index contributed by atoms with van der Waals surface area (Å²) in [5.74, 6) is -30.2. The Morgan fingerprint density at radius 2 is 0.923 bits per heavy atom. The second kappa shape index (κ2) is 16.4. The first-order valence-electron chi connectivity index (χ1n) is 11.1. The summed E-state index contributed by atoms with van der Waals surface area (Å²) >= 11 is 32.3. The second-order valence-corrected chi connectivity index (χ2v) is 26.9. The molecular formula is C18H25Cl6F13Si2. The summed E-state index contributed by atoms with van der Waals surface area (Å²) in [5, 5.41) is 0. The molecule has 0 saturated heterocycles. The highest BCUT2D eigenvalue weighted by Gasteiger charge is 2.88. The molecule has 2 unspecified atom stereocenters. The highest BCUT2D eigenvalue weighted by molar-refractivity contribution is 7.65. The zero-order chi connectivity index (χ0) is 31.7. The Hall–Kier alpha value is 1.26. The van der Waals surface area contributed by atoms with Crippen LogP contribution in [0.3, 0.4) is 0 Å². The van der Waals surface area contributed by atoms with Crippen LogP contribution in [0.4, 0.5) is 57.1 Å². The predicted octanol–water partition coefficient (Wildman–Crippen LogP) is 12.2. The lowest BCUT2D eigenvalue weighted by atomic mass is 9.94. The van der Waals surface area contributed by atoms with Crippen LogP contribution in [-0.2, 0) is 0 Å². The van der Waals surface area contributed by atoms with Crippen molar-refractivity contribution in [1.29, 1.82) is 0 Å². The van der Waals surface area contributed by atoms with E-state index < -0.39 is 60.3 Å². The molecule has 0 aromatic carbocycles. The maximum atomic E-state index is 13.2. The Labute approximate surface area is 247 Å². The minimum absolute atomic E-state index is 0.826. The molecule has 0 aromatic heterocycles. The van der Waals surface area contributed by atoms with E-state index in [-0.39, 0.29) is 0 Å². The van der Waals surface area contributed by atoms with E-state index in [0.29, 0.717) is 0 Å². The average molecular weight is 757 g/mol. The monoisotopic (exact) mass is 754 g/mol. The van der Waals surface area contributed by atoms with E-state index in [1.807, 2.05) is 0 Å². The largest absolute Gasteiger partial charge is 0.460 e. The molecule has 0 saturated carbocycles. The van der Waals surface area contributed by atoms with Gasteiger partial charge in [-0.3, -0.25) is 0 Å². The third kappa shape index (κ3) is 13.6. The summed E-state index contributed by atoms with van der Waals surface area (Å²) in [6.45, 7) is 2.24. The molecule has 39 heavy (non-hydrogen) atoms. The number of hydrogen-bond donors (Lipinski definition) is 0. The molecule has 0 nitrogen and oxygen atoms in total. The first kappa shape index (κ1) is 42.4. The Bertz CT molecular complexity index is 700. The number of rotatable bonds is 16.